The number of pyridine rings is 1. The normalized spacial score (nSPS) is 18.3. The molecule has 0 bridgehead atoms. The number of anilines is 1. The van der Waals surface area contributed by atoms with E-state index in [0.29, 0.717) is 11.7 Å². The number of aromatic nitrogens is 4. The maximum absolute atomic E-state index is 6.42. The van der Waals surface area contributed by atoms with E-state index in [1.165, 1.54) is 12.8 Å². The van der Waals surface area contributed by atoms with Crippen LogP contribution in [0.5, 0.6) is 0 Å². The summed E-state index contributed by atoms with van der Waals surface area (Å²) in [6, 6.07) is 20.9. The summed E-state index contributed by atoms with van der Waals surface area (Å²) in [6.45, 7) is 1.09. The van der Waals surface area contributed by atoms with Crippen molar-refractivity contribution < 1.29 is 0 Å². The number of benzene rings is 2. The van der Waals surface area contributed by atoms with E-state index in [0.717, 1.165) is 70.1 Å². The first-order valence-corrected chi connectivity index (χ1v) is 12.4. The molecule has 1 aliphatic rings. The number of nitrogens with one attached hydrogen (secondary N) is 1. The molecule has 35 heavy (non-hydrogen) atoms. The number of hydrogen-bond donors (Lipinski definition) is 2. The second kappa shape index (κ2) is 9.12. The van der Waals surface area contributed by atoms with E-state index in [9.17, 15) is 0 Å². The lowest BCUT2D eigenvalue weighted by Crippen LogP contribution is -2.24. The summed E-state index contributed by atoms with van der Waals surface area (Å²) in [5, 5.41) is 4.43. The molecule has 6 heteroatoms. The number of nitrogens with zero attached hydrogens (tertiary/aromatic N) is 4. The van der Waals surface area contributed by atoms with Crippen LogP contribution in [-0.2, 0) is 0 Å². The number of rotatable bonds is 5. The fraction of sp³-hybridized carbons (Fsp3) is 0.276. The van der Waals surface area contributed by atoms with Crippen LogP contribution in [0.25, 0.3) is 38.9 Å². The maximum atomic E-state index is 6.42. The van der Waals surface area contributed by atoms with Crippen molar-refractivity contribution >= 4 is 22.2 Å². The van der Waals surface area contributed by atoms with Crippen molar-refractivity contribution in [3.05, 3.63) is 78.9 Å². The number of nitrogens with two attached hydrogens (primary N) is 1. The van der Waals surface area contributed by atoms with Crippen molar-refractivity contribution in [2.75, 3.05) is 19.3 Å². The molecule has 3 aromatic heterocycles. The summed E-state index contributed by atoms with van der Waals surface area (Å²) in [4.78, 5) is 14.6. The highest BCUT2D eigenvalue weighted by Gasteiger charge is 2.27. The third-order valence-electron chi connectivity index (χ3n) is 7.35. The van der Waals surface area contributed by atoms with Gasteiger partial charge in [-0.2, -0.15) is 0 Å². The Morgan fingerprint density at radius 2 is 1.74 bits per heavy atom. The van der Waals surface area contributed by atoms with Gasteiger partial charge in [0, 0.05) is 34.8 Å². The standard InChI is InChI=1S/C29H30N6/c1-31-18-19-7-9-22(10-8-19)29-34-26(27-28(30)32-15-16-35(27)29)23-12-11-21-13-14-24(33-25(21)17-23)20-5-3-2-4-6-20/h2-6,11-17,19,22,31H,7-10,18H2,1H3,(H2,30,32)/t19-,22-. The monoisotopic (exact) mass is 462 g/mol. The van der Waals surface area contributed by atoms with E-state index in [1.54, 1.807) is 6.20 Å². The zero-order valence-corrected chi connectivity index (χ0v) is 20.0. The average Bonchev–Trinajstić information content (AvgIpc) is 3.30. The summed E-state index contributed by atoms with van der Waals surface area (Å²) < 4.78 is 2.17. The Labute approximate surface area is 205 Å². The minimum absolute atomic E-state index is 0.425. The summed E-state index contributed by atoms with van der Waals surface area (Å²) in [5.41, 5.74) is 12.2. The minimum atomic E-state index is 0.425. The lowest BCUT2D eigenvalue weighted by molar-refractivity contribution is 0.313. The molecule has 3 heterocycles. The highest BCUT2D eigenvalue weighted by molar-refractivity contribution is 5.91. The third kappa shape index (κ3) is 4.04. The van der Waals surface area contributed by atoms with Crippen LogP contribution in [0.1, 0.15) is 37.4 Å². The van der Waals surface area contributed by atoms with E-state index in [1.807, 2.05) is 31.4 Å². The summed E-state index contributed by atoms with van der Waals surface area (Å²) in [6.07, 6.45) is 8.51. The first kappa shape index (κ1) is 21.7. The highest BCUT2D eigenvalue weighted by atomic mass is 15.1. The molecule has 176 valence electrons. The largest absolute Gasteiger partial charge is 0.382 e. The Bertz CT molecular complexity index is 1480. The van der Waals surface area contributed by atoms with Crippen LogP contribution in [0, 0.1) is 5.92 Å². The molecule has 6 rings (SSSR count). The topological polar surface area (TPSA) is 81.1 Å². The van der Waals surface area contributed by atoms with Gasteiger partial charge in [0.1, 0.15) is 22.9 Å². The number of hydrogen-bond acceptors (Lipinski definition) is 5. The molecule has 0 radical (unpaired) electrons. The van der Waals surface area contributed by atoms with Gasteiger partial charge in [0.05, 0.1) is 11.2 Å². The van der Waals surface area contributed by atoms with Gasteiger partial charge in [0.2, 0.25) is 0 Å². The minimum Gasteiger partial charge on any atom is -0.382 e. The lowest BCUT2D eigenvalue weighted by atomic mass is 9.81. The van der Waals surface area contributed by atoms with E-state index in [-0.39, 0.29) is 0 Å². The van der Waals surface area contributed by atoms with Crippen molar-refractivity contribution in [1.29, 1.82) is 0 Å². The number of nitrogen functional groups attached to an aromatic ring is 1. The SMILES string of the molecule is CNC[C@H]1CC[C@H](c2nc(-c3ccc4ccc(-c5ccccc5)nc4c3)c3c(N)nccn32)CC1. The van der Waals surface area contributed by atoms with Crippen molar-refractivity contribution in [2.45, 2.75) is 31.6 Å². The van der Waals surface area contributed by atoms with Gasteiger partial charge in [-0.1, -0.05) is 48.5 Å². The van der Waals surface area contributed by atoms with Crippen LogP contribution in [-0.4, -0.2) is 32.9 Å². The molecule has 0 saturated heterocycles. The van der Waals surface area contributed by atoms with Gasteiger partial charge in [0.15, 0.2) is 0 Å². The quantitative estimate of drug-likeness (QED) is 0.351. The molecule has 0 atom stereocenters. The second-order valence-corrected chi connectivity index (χ2v) is 9.60. The van der Waals surface area contributed by atoms with Gasteiger partial charge in [-0.15, -0.1) is 0 Å². The van der Waals surface area contributed by atoms with Gasteiger partial charge in [0.25, 0.3) is 0 Å². The van der Waals surface area contributed by atoms with Crippen molar-refractivity contribution in [3.8, 4) is 22.5 Å². The Morgan fingerprint density at radius 3 is 2.54 bits per heavy atom. The predicted molar refractivity (Wildman–Crippen MR) is 142 cm³/mol. The van der Waals surface area contributed by atoms with Crippen LogP contribution in [0.2, 0.25) is 0 Å². The lowest BCUT2D eigenvalue weighted by Gasteiger charge is -2.27. The average molecular weight is 463 g/mol. The van der Waals surface area contributed by atoms with Crippen molar-refractivity contribution in [1.82, 2.24) is 24.7 Å². The fourth-order valence-corrected chi connectivity index (χ4v) is 5.52. The van der Waals surface area contributed by atoms with E-state index >= 15 is 0 Å². The van der Waals surface area contributed by atoms with E-state index in [2.05, 4.69) is 57.2 Å². The fourth-order valence-electron chi connectivity index (χ4n) is 5.52. The Morgan fingerprint density at radius 1 is 0.943 bits per heavy atom. The summed E-state index contributed by atoms with van der Waals surface area (Å²) in [5.74, 6) is 2.78. The molecular formula is C29H30N6. The van der Waals surface area contributed by atoms with Crippen LogP contribution in [0.15, 0.2) is 73.1 Å². The third-order valence-corrected chi connectivity index (χ3v) is 7.35. The molecule has 6 nitrogen and oxygen atoms in total. The van der Waals surface area contributed by atoms with Gasteiger partial charge in [-0.25, -0.2) is 15.0 Å². The first-order chi connectivity index (χ1) is 17.2. The number of imidazole rings is 1. The van der Waals surface area contributed by atoms with Crippen LogP contribution in [0.3, 0.4) is 0 Å². The van der Waals surface area contributed by atoms with Crippen LogP contribution < -0.4 is 11.1 Å². The molecule has 0 unspecified atom stereocenters. The van der Waals surface area contributed by atoms with Gasteiger partial charge in [-0.3, -0.25) is 4.40 Å². The molecule has 1 saturated carbocycles. The Kier molecular flexibility index (Phi) is 5.66. The highest BCUT2D eigenvalue weighted by Crippen LogP contribution is 2.38. The predicted octanol–water partition coefficient (Wildman–Crippen LogP) is 5.69. The van der Waals surface area contributed by atoms with Gasteiger partial charge < -0.3 is 11.1 Å². The molecule has 0 amide bonds. The van der Waals surface area contributed by atoms with Crippen molar-refractivity contribution in [2.24, 2.45) is 5.92 Å². The summed E-state index contributed by atoms with van der Waals surface area (Å²) in [7, 11) is 2.04. The van der Waals surface area contributed by atoms with Crippen LogP contribution in [0.4, 0.5) is 5.82 Å². The zero-order chi connectivity index (χ0) is 23.8. The molecule has 0 spiro atoms. The van der Waals surface area contributed by atoms with E-state index in [4.69, 9.17) is 15.7 Å². The first-order valence-electron chi connectivity index (χ1n) is 12.4. The maximum Gasteiger partial charge on any atom is 0.150 e. The van der Waals surface area contributed by atoms with E-state index < -0.39 is 0 Å². The van der Waals surface area contributed by atoms with Gasteiger partial charge >= 0.3 is 0 Å². The number of fused-ring (bicyclic) bond motifs is 2. The molecule has 3 N–H and O–H groups in total. The zero-order valence-electron chi connectivity index (χ0n) is 20.0. The molecule has 1 aliphatic carbocycles. The second-order valence-electron chi connectivity index (χ2n) is 9.60. The Balaban J connectivity index is 1.43. The smallest absolute Gasteiger partial charge is 0.150 e. The molecule has 1 fully saturated rings. The Hall–Kier alpha value is -3.77. The van der Waals surface area contributed by atoms with Gasteiger partial charge in [-0.05, 0) is 57.3 Å². The summed E-state index contributed by atoms with van der Waals surface area (Å²) >= 11 is 0. The molecule has 2 aromatic carbocycles. The van der Waals surface area contributed by atoms with Crippen LogP contribution >= 0.6 is 0 Å². The molecule has 5 aromatic rings. The van der Waals surface area contributed by atoms with Crippen molar-refractivity contribution in [3.63, 3.8) is 0 Å². The molecule has 0 aliphatic heterocycles. The molecular weight excluding hydrogens is 432 g/mol.